The Bertz CT molecular complexity index is 1190. The standard InChI is InChI=1S/C23H27ClN4O2S/c1-23(2,18-6-8-19(24)9-7-18)22-21-12-16(4-5-17(21)10-11-25-22)13-27-31(29,30)20-14-26-28(3)15-20/h4-9,12,14-15,22,25,27H,10-11,13H2,1-3H3. The number of rotatable bonds is 6. The van der Waals surface area contributed by atoms with E-state index in [1.165, 1.54) is 33.8 Å². The summed E-state index contributed by atoms with van der Waals surface area (Å²) in [7, 11) is -1.92. The van der Waals surface area contributed by atoms with E-state index in [2.05, 4.69) is 53.3 Å². The van der Waals surface area contributed by atoms with Crippen LogP contribution in [0.3, 0.4) is 0 Å². The van der Waals surface area contributed by atoms with E-state index in [1.807, 2.05) is 18.2 Å². The molecule has 0 saturated carbocycles. The molecule has 0 aliphatic carbocycles. The highest BCUT2D eigenvalue weighted by molar-refractivity contribution is 7.89. The van der Waals surface area contributed by atoms with Gasteiger partial charge in [0.1, 0.15) is 4.90 Å². The van der Waals surface area contributed by atoms with Gasteiger partial charge in [0.25, 0.3) is 0 Å². The van der Waals surface area contributed by atoms with Gasteiger partial charge in [-0.15, -0.1) is 0 Å². The second-order valence-electron chi connectivity index (χ2n) is 8.57. The van der Waals surface area contributed by atoms with Crippen LogP contribution < -0.4 is 10.0 Å². The molecule has 2 aromatic carbocycles. The molecule has 0 saturated heterocycles. The summed E-state index contributed by atoms with van der Waals surface area (Å²) in [4.78, 5) is 0.163. The summed E-state index contributed by atoms with van der Waals surface area (Å²) >= 11 is 6.09. The van der Waals surface area contributed by atoms with E-state index < -0.39 is 10.0 Å². The van der Waals surface area contributed by atoms with Gasteiger partial charge in [-0.2, -0.15) is 5.10 Å². The lowest BCUT2D eigenvalue weighted by Crippen LogP contribution is -2.41. The Labute approximate surface area is 188 Å². The highest BCUT2D eigenvalue weighted by atomic mass is 35.5. The number of sulfonamides is 1. The zero-order chi connectivity index (χ0) is 22.2. The quantitative estimate of drug-likeness (QED) is 0.590. The molecule has 4 rings (SSSR count). The fourth-order valence-corrected chi connectivity index (χ4v) is 5.33. The van der Waals surface area contributed by atoms with Crippen LogP contribution in [0, 0.1) is 0 Å². The lowest BCUT2D eigenvalue weighted by atomic mass is 9.72. The predicted octanol–water partition coefficient (Wildman–Crippen LogP) is 3.72. The molecule has 164 valence electrons. The van der Waals surface area contributed by atoms with Gasteiger partial charge in [0.15, 0.2) is 0 Å². The zero-order valence-corrected chi connectivity index (χ0v) is 19.5. The maximum absolute atomic E-state index is 12.6. The van der Waals surface area contributed by atoms with Crippen molar-refractivity contribution >= 4 is 21.6 Å². The van der Waals surface area contributed by atoms with Crippen LogP contribution >= 0.6 is 11.6 Å². The van der Waals surface area contributed by atoms with Crippen molar-refractivity contribution in [3.05, 3.63) is 82.1 Å². The minimum atomic E-state index is -3.61. The van der Waals surface area contributed by atoms with Gasteiger partial charge in [-0.25, -0.2) is 13.1 Å². The smallest absolute Gasteiger partial charge is 0.243 e. The Morgan fingerprint density at radius 2 is 1.97 bits per heavy atom. The van der Waals surface area contributed by atoms with Crippen LogP contribution in [0.5, 0.6) is 0 Å². The number of nitrogens with one attached hydrogen (secondary N) is 2. The third-order valence-corrected chi connectivity index (χ3v) is 7.64. The zero-order valence-electron chi connectivity index (χ0n) is 17.9. The van der Waals surface area contributed by atoms with E-state index in [1.54, 1.807) is 7.05 Å². The van der Waals surface area contributed by atoms with Crippen LogP contribution in [0.1, 0.15) is 42.1 Å². The minimum Gasteiger partial charge on any atom is -0.309 e. The van der Waals surface area contributed by atoms with Gasteiger partial charge in [0.05, 0.1) is 6.20 Å². The van der Waals surface area contributed by atoms with Gasteiger partial charge in [-0.05, 0) is 47.4 Å². The molecule has 0 radical (unpaired) electrons. The molecule has 1 atom stereocenters. The Morgan fingerprint density at radius 1 is 1.23 bits per heavy atom. The molecule has 1 unspecified atom stereocenters. The first-order valence-electron chi connectivity index (χ1n) is 10.3. The second kappa shape index (κ2) is 8.39. The monoisotopic (exact) mass is 458 g/mol. The fraction of sp³-hybridized carbons (Fsp3) is 0.348. The first kappa shape index (κ1) is 22.0. The fourth-order valence-electron chi connectivity index (χ4n) is 4.20. The molecule has 8 heteroatoms. The Balaban J connectivity index is 1.60. The second-order valence-corrected chi connectivity index (χ2v) is 10.8. The van der Waals surface area contributed by atoms with E-state index in [-0.39, 0.29) is 22.9 Å². The summed E-state index contributed by atoms with van der Waals surface area (Å²) in [5.41, 5.74) is 4.46. The first-order chi connectivity index (χ1) is 14.7. The number of hydrogen-bond donors (Lipinski definition) is 2. The summed E-state index contributed by atoms with van der Waals surface area (Å²) in [6.45, 7) is 5.57. The molecular weight excluding hydrogens is 432 g/mol. The van der Waals surface area contributed by atoms with Crippen LogP contribution in [0.25, 0.3) is 0 Å². The number of halogens is 1. The molecule has 6 nitrogen and oxygen atoms in total. The molecule has 1 aromatic heterocycles. The molecule has 3 aromatic rings. The summed E-state index contributed by atoms with van der Waals surface area (Å²) in [5.74, 6) is 0. The van der Waals surface area contributed by atoms with Crippen molar-refractivity contribution in [3.8, 4) is 0 Å². The van der Waals surface area contributed by atoms with Gasteiger partial charge in [0.2, 0.25) is 10.0 Å². The average molecular weight is 459 g/mol. The number of nitrogens with zero attached hydrogens (tertiary/aromatic N) is 2. The van der Waals surface area contributed by atoms with Gasteiger partial charge in [-0.1, -0.05) is 55.8 Å². The third kappa shape index (κ3) is 4.55. The maximum Gasteiger partial charge on any atom is 0.243 e. The maximum atomic E-state index is 12.6. The average Bonchev–Trinajstić information content (AvgIpc) is 3.19. The van der Waals surface area contributed by atoms with Crippen LogP contribution in [-0.2, 0) is 35.5 Å². The first-order valence-corrected chi connectivity index (χ1v) is 12.1. The number of aromatic nitrogens is 2. The summed E-state index contributed by atoms with van der Waals surface area (Å²) in [6, 6.07) is 14.3. The largest absolute Gasteiger partial charge is 0.309 e. The number of benzene rings is 2. The molecule has 0 spiro atoms. The normalized spacial score (nSPS) is 16.8. The highest BCUT2D eigenvalue weighted by Crippen LogP contribution is 2.40. The summed E-state index contributed by atoms with van der Waals surface area (Å²) in [5, 5.41) is 8.34. The van der Waals surface area contributed by atoms with Crippen molar-refractivity contribution in [2.75, 3.05) is 6.54 Å². The highest BCUT2D eigenvalue weighted by Gasteiger charge is 2.35. The van der Waals surface area contributed by atoms with Crippen molar-refractivity contribution in [2.45, 2.75) is 43.2 Å². The van der Waals surface area contributed by atoms with E-state index in [0.29, 0.717) is 0 Å². The Kier molecular flexibility index (Phi) is 5.96. The Morgan fingerprint density at radius 3 is 2.65 bits per heavy atom. The molecular formula is C23H27ClN4O2S. The van der Waals surface area contributed by atoms with E-state index in [9.17, 15) is 8.42 Å². The van der Waals surface area contributed by atoms with Gasteiger partial charge in [-0.3, -0.25) is 4.68 Å². The summed E-state index contributed by atoms with van der Waals surface area (Å²) < 4.78 is 29.3. The summed E-state index contributed by atoms with van der Waals surface area (Å²) in [6.07, 6.45) is 3.79. The van der Waals surface area contributed by atoms with E-state index >= 15 is 0 Å². The van der Waals surface area contributed by atoms with Crippen LogP contribution in [0.4, 0.5) is 0 Å². The van der Waals surface area contributed by atoms with Crippen LogP contribution in [0.15, 0.2) is 59.8 Å². The van der Waals surface area contributed by atoms with Crippen LogP contribution in [0.2, 0.25) is 5.02 Å². The van der Waals surface area contributed by atoms with Gasteiger partial charge < -0.3 is 5.32 Å². The molecule has 31 heavy (non-hydrogen) atoms. The van der Waals surface area contributed by atoms with Gasteiger partial charge >= 0.3 is 0 Å². The lowest BCUT2D eigenvalue weighted by Gasteiger charge is -2.40. The SMILES string of the molecule is Cn1cc(S(=O)(=O)NCc2ccc3c(c2)C(C(C)(C)c2ccc(Cl)cc2)NCC3)cn1. The van der Waals surface area contributed by atoms with Crippen molar-refractivity contribution in [2.24, 2.45) is 7.05 Å². The van der Waals surface area contributed by atoms with Gasteiger partial charge in [0, 0.05) is 36.3 Å². The molecule has 2 heterocycles. The molecule has 1 aliphatic heterocycles. The predicted molar refractivity (Wildman–Crippen MR) is 123 cm³/mol. The minimum absolute atomic E-state index is 0.104. The Hall–Kier alpha value is -2.19. The van der Waals surface area contributed by atoms with Crippen molar-refractivity contribution < 1.29 is 8.42 Å². The van der Waals surface area contributed by atoms with Crippen molar-refractivity contribution in [1.82, 2.24) is 19.8 Å². The number of aryl methyl sites for hydroxylation is 1. The lowest BCUT2D eigenvalue weighted by molar-refractivity contribution is 0.335. The van der Waals surface area contributed by atoms with Crippen molar-refractivity contribution in [3.63, 3.8) is 0 Å². The van der Waals surface area contributed by atoms with Crippen LogP contribution in [-0.4, -0.2) is 24.7 Å². The molecule has 0 fully saturated rings. The molecule has 1 aliphatic rings. The van der Waals surface area contributed by atoms with Crippen molar-refractivity contribution in [1.29, 1.82) is 0 Å². The molecule has 2 N–H and O–H groups in total. The van der Waals surface area contributed by atoms with E-state index in [0.717, 1.165) is 23.6 Å². The molecule has 0 bridgehead atoms. The number of fused-ring (bicyclic) bond motifs is 1. The number of hydrogen-bond acceptors (Lipinski definition) is 4. The topological polar surface area (TPSA) is 76.0 Å². The molecule has 0 amide bonds. The third-order valence-electron chi connectivity index (χ3n) is 6.03. The van der Waals surface area contributed by atoms with E-state index in [4.69, 9.17) is 11.6 Å².